The van der Waals surface area contributed by atoms with Crippen LogP contribution in [0.3, 0.4) is 0 Å². The summed E-state index contributed by atoms with van der Waals surface area (Å²) >= 11 is 0. The molecule has 30 heavy (non-hydrogen) atoms. The summed E-state index contributed by atoms with van der Waals surface area (Å²) in [7, 11) is -3.69. The van der Waals surface area contributed by atoms with Crippen LogP contribution in [0.25, 0.3) is 0 Å². The number of amides is 1. The number of carbonyl (C=O) groups excluding carboxylic acids is 1. The van der Waals surface area contributed by atoms with E-state index in [1.807, 2.05) is 13.8 Å². The van der Waals surface area contributed by atoms with Crippen molar-refractivity contribution in [2.24, 2.45) is 5.92 Å². The highest BCUT2D eigenvalue weighted by Gasteiger charge is 2.36. The number of rotatable bonds is 6. The first-order valence-electron chi connectivity index (χ1n) is 10.0. The summed E-state index contributed by atoms with van der Waals surface area (Å²) in [6, 6.07) is 4.60. The number of fused-ring (bicyclic) bond motifs is 1. The molecule has 1 fully saturated rings. The second-order valence-corrected chi connectivity index (χ2v) is 9.54. The van der Waals surface area contributed by atoms with Crippen LogP contribution in [-0.2, 0) is 24.3 Å². The lowest BCUT2D eigenvalue weighted by Crippen LogP contribution is -2.51. The fourth-order valence-electron chi connectivity index (χ4n) is 3.36. The first-order valence-corrected chi connectivity index (χ1v) is 11.5. The molecular formula is C20H30N2O7S. The van der Waals surface area contributed by atoms with Gasteiger partial charge in [0.05, 0.1) is 22.8 Å². The van der Waals surface area contributed by atoms with E-state index >= 15 is 0 Å². The SMILES string of the molecule is CCCC[C@@H]1CN(S(=O)(=O)c2ccc3c(c2)NC(=O)CO3)C[C@H](C(C)C)O1.O=CO. The summed E-state index contributed by atoms with van der Waals surface area (Å²) in [5, 5.41) is 9.56. The molecule has 0 saturated carbocycles. The van der Waals surface area contributed by atoms with E-state index in [1.54, 1.807) is 6.07 Å². The maximum Gasteiger partial charge on any atom is 0.290 e. The Balaban J connectivity index is 0.00000101. The van der Waals surface area contributed by atoms with E-state index in [0.29, 0.717) is 24.5 Å². The summed E-state index contributed by atoms with van der Waals surface area (Å²) in [6.45, 7) is 6.58. The van der Waals surface area contributed by atoms with Crippen molar-refractivity contribution < 1.29 is 32.6 Å². The number of ether oxygens (including phenoxy) is 2. The van der Waals surface area contributed by atoms with Crippen molar-refractivity contribution in [3.8, 4) is 5.75 Å². The Hall–Kier alpha value is -2.17. The van der Waals surface area contributed by atoms with E-state index in [-0.39, 0.29) is 42.0 Å². The van der Waals surface area contributed by atoms with Crippen LogP contribution in [0, 0.1) is 5.92 Å². The molecule has 0 spiro atoms. The second kappa shape index (κ2) is 10.7. The van der Waals surface area contributed by atoms with Gasteiger partial charge in [0.1, 0.15) is 5.75 Å². The minimum Gasteiger partial charge on any atom is -0.483 e. The second-order valence-electron chi connectivity index (χ2n) is 7.61. The van der Waals surface area contributed by atoms with Gasteiger partial charge in [-0.15, -0.1) is 0 Å². The molecule has 10 heteroatoms. The molecular weight excluding hydrogens is 412 g/mol. The fourth-order valence-corrected chi connectivity index (χ4v) is 4.87. The average molecular weight is 443 g/mol. The molecule has 0 bridgehead atoms. The van der Waals surface area contributed by atoms with Crippen LogP contribution in [0.1, 0.15) is 40.0 Å². The van der Waals surface area contributed by atoms with Crippen molar-refractivity contribution in [2.45, 2.75) is 57.1 Å². The Morgan fingerprint density at radius 2 is 2.03 bits per heavy atom. The highest BCUT2D eigenvalue weighted by atomic mass is 32.2. The first kappa shape index (κ1) is 24.1. The molecule has 0 unspecified atom stereocenters. The van der Waals surface area contributed by atoms with Gasteiger partial charge in [0.2, 0.25) is 10.0 Å². The van der Waals surface area contributed by atoms with Gasteiger partial charge in [0, 0.05) is 13.1 Å². The smallest absolute Gasteiger partial charge is 0.290 e. The van der Waals surface area contributed by atoms with Gasteiger partial charge in [-0.2, -0.15) is 4.31 Å². The lowest BCUT2D eigenvalue weighted by molar-refractivity contribution is -0.123. The van der Waals surface area contributed by atoms with Crippen molar-refractivity contribution >= 4 is 28.1 Å². The number of hydrogen-bond acceptors (Lipinski definition) is 6. The van der Waals surface area contributed by atoms with E-state index in [4.69, 9.17) is 19.4 Å². The zero-order chi connectivity index (χ0) is 22.3. The van der Waals surface area contributed by atoms with Crippen molar-refractivity contribution in [3.05, 3.63) is 18.2 Å². The summed E-state index contributed by atoms with van der Waals surface area (Å²) in [5.74, 6) is 0.419. The Bertz CT molecular complexity index is 842. The van der Waals surface area contributed by atoms with Gasteiger partial charge in [-0.3, -0.25) is 9.59 Å². The number of carboxylic acid groups (broad SMARTS) is 1. The van der Waals surface area contributed by atoms with Crippen molar-refractivity contribution in [2.75, 3.05) is 25.0 Å². The number of hydrogen-bond donors (Lipinski definition) is 2. The predicted molar refractivity (Wildman–Crippen MR) is 111 cm³/mol. The predicted octanol–water partition coefficient (Wildman–Crippen LogP) is 2.32. The lowest BCUT2D eigenvalue weighted by atomic mass is 10.0. The number of benzene rings is 1. The molecule has 1 saturated heterocycles. The Morgan fingerprint density at radius 1 is 1.33 bits per heavy atom. The fraction of sp³-hybridized carbons (Fsp3) is 0.600. The molecule has 1 amide bonds. The largest absolute Gasteiger partial charge is 0.483 e. The van der Waals surface area contributed by atoms with E-state index in [1.165, 1.54) is 16.4 Å². The lowest BCUT2D eigenvalue weighted by Gasteiger charge is -2.39. The summed E-state index contributed by atoms with van der Waals surface area (Å²) in [6.07, 6.45) is 2.67. The quantitative estimate of drug-likeness (QED) is 0.648. The topological polar surface area (TPSA) is 122 Å². The normalized spacial score (nSPS) is 21.7. The number of morpholine rings is 1. The number of nitrogens with zero attached hydrogens (tertiary/aromatic N) is 1. The monoisotopic (exact) mass is 442 g/mol. The Kier molecular flexibility index (Phi) is 8.63. The highest BCUT2D eigenvalue weighted by Crippen LogP contribution is 2.32. The molecule has 2 N–H and O–H groups in total. The van der Waals surface area contributed by atoms with Gasteiger partial charge in [-0.25, -0.2) is 8.42 Å². The number of sulfonamides is 1. The maximum absolute atomic E-state index is 13.3. The molecule has 0 aromatic heterocycles. The molecule has 0 radical (unpaired) electrons. The van der Waals surface area contributed by atoms with E-state index < -0.39 is 10.0 Å². The van der Waals surface area contributed by atoms with Gasteiger partial charge in [0.25, 0.3) is 12.4 Å². The van der Waals surface area contributed by atoms with Crippen molar-refractivity contribution in [1.82, 2.24) is 4.31 Å². The van der Waals surface area contributed by atoms with Crippen LogP contribution < -0.4 is 10.1 Å². The van der Waals surface area contributed by atoms with E-state index in [9.17, 15) is 13.2 Å². The summed E-state index contributed by atoms with van der Waals surface area (Å²) in [5.41, 5.74) is 0.392. The molecule has 3 rings (SSSR count). The van der Waals surface area contributed by atoms with Gasteiger partial charge in [-0.1, -0.05) is 33.6 Å². The van der Waals surface area contributed by atoms with Crippen molar-refractivity contribution in [3.63, 3.8) is 0 Å². The zero-order valence-corrected chi connectivity index (χ0v) is 18.4. The van der Waals surface area contributed by atoms with E-state index in [0.717, 1.165) is 19.3 Å². The van der Waals surface area contributed by atoms with E-state index in [2.05, 4.69) is 12.2 Å². The first-order chi connectivity index (χ1) is 14.2. The molecule has 1 aromatic carbocycles. The Morgan fingerprint density at radius 3 is 2.67 bits per heavy atom. The number of anilines is 1. The summed E-state index contributed by atoms with van der Waals surface area (Å²) < 4.78 is 39.5. The number of unbranched alkanes of at least 4 members (excludes halogenated alkanes) is 1. The molecule has 168 valence electrons. The third-order valence-electron chi connectivity index (χ3n) is 5.00. The third-order valence-corrected chi connectivity index (χ3v) is 6.83. The molecule has 2 atom stereocenters. The average Bonchev–Trinajstić information content (AvgIpc) is 2.72. The van der Waals surface area contributed by atoms with Gasteiger partial charge in [-0.05, 0) is 30.5 Å². The molecule has 2 aliphatic heterocycles. The molecule has 2 aliphatic rings. The van der Waals surface area contributed by atoms with Crippen molar-refractivity contribution in [1.29, 1.82) is 0 Å². The van der Waals surface area contributed by atoms with Crippen LogP contribution in [0.15, 0.2) is 23.1 Å². The maximum atomic E-state index is 13.3. The number of nitrogens with one attached hydrogen (secondary N) is 1. The molecule has 1 aromatic rings. The van der Waals surface area contributed by atoms with Crippen LogP contribution in [-0.4, -0.2) is 62.1 Å². The zero-order valence-electron chi connectivity index (χ0n) is 17.5. The standard InChI is InChI=1S/C19H28N2O5S.CH2O2/c1-4-5-6-14-10-21(11-18(26-14)13(2)3)27(23,24)15-7-8-17-16(9-15)20-19(22)12-25-17;2-1-3/h7-9,13-14,18H,4-6,10-12H2,1-3H3,(H,20,22);1H,(H,2,3)/t14-,18-;/m1./s1. The van der Waals surface area contributed by atoms with Gasteiger partial charge < -0.3 is 19.9 Å². The van der Waals surface area contributed by atoms with Crippen LogP contribution in [0.4, 0.5) is 5.69 Å². The van der Waals surface area contributed by atoms with Gasteiger partial charge >= 0.3 is 0 Å². The van der Waals surface area contributed by atoms with Gasteiger partial charge in [0.15, 0.2) is 6.61 Å². The minimum absolute atomic E-state index is 0.0578. The van der Waals surface area contributed by atoms with Crippen LogP contribution in [0.2, 0.25) is 0 Å². The minimum atomic E-state index is -3.69. The van der Waals surface area contributed by atoms with Crippen LogP contribution in [0.5, 0.6) is 5.75 Å². The molecule has 9 nitrogen and oxygen atoms in total. The Labute approximate surface area is 177 Å². The molecule has 0 aliphatic carbocycles. The van der Waals surface area contributed by atoms with Crippen LogP contribution >= 0.6 is 0 Å². The third kappa shape index (κ3) is 5.93. The number of carbonyl (C=O) groups is 2. The summed E-state index contributed by atoms with van der Waals surface area (Å²) in [4.78, 5) is 20.1. The highest BCUT2D eigenvalue weighted by molar-refractivity contribution is 7.89. The molecule has 2 heterocycles.